The average molecular weight is 270 g/mol. The van der Waals surface area contributed by atoms with Crippen LogP contribution in [0, 0.1) is 6.92 Å². The maximum absolute atomic E-state index is 10.3. The van der Waals surface area contributed by atoms with Gasteiger partial charge in [0.05, 0.1) is 11.4 Å². The minimum atomic E-state index is -0.657. The Balaban J connectivity index is 1.89. The lowest BCUT2D eigenvalue weighted by molar-refractivity contribution is 0.215. The predicted molar refractivity (Wildman–Crippen MR) is 76.7 cm³/mol. The van der Waals surface area contributed by atoms with E-state index in [2.05, 4.69) is 5.10 Å². The summed E-state index contributed by atoms with van der Waals surface area (Å²) in [5, 5.41) is 16.7. The van der Waals surface area contributed by atoms with Crippen molar-refractivity contribution in [2.24, 2.45) is 0 Å². The van der Waals surface area contributed by atoms with Crippen LogP contribution in [0.3, 0.4) is 0 Å². The summed E-state index contributed by atoms with van der Waals surface area (Å²) >= 11 is 1.64. The number of benzene rings is 1. The number of hydrogen-bond donors (Lipinski definition) is 1. The number of aliphatic hydroxyl groups excluding tert-OH is 1. The number of nitrogens with zero attached hydrogens (tertiary/aromatic N) is 2. The molecule has 0 fully saturated rings. The van der Waals surface area contributed by atoms with Crippen LogP contribution in [0.25, 0.3) is 5.69 Å². The average Bonchev–Trinajstić information content (AvgIpc) is 3.08. The van der Waals surface area contributed by atoms with Gasteiger partial charge in [0.2, 0.25) is 0 Å². The van der Waals surface area contributed by atoms with Gasteiger partial charge in [-0.3, -0.25) is 0 Å². The maximum Gasteiger partial charge on any atom is 0.124 e. The minimum Gasteiger partial charge on any atom is -0.382 e. The molecule has 2 heterocycles. The van der Waals surface area contributed by atoms with Crippen LogP contribution in [0.2, 0.25) is 0 Å². The summed E-state index contributed by atoms with van der Waals surface area (Å²) in [6.45, 7) is 2.03. The van der Waals surface area contributed by atoms with E-state index >= 15 is 0 Å². The monoisotopic (exact) mass is 270 g/mol. The highest BCUT2D eigenvalue weighted by molar-refractivity contribution is 7.10. The van der Waals surface area contributed by atoms with E-state index in [0.717, 1.165) is 11.3 Å². The molecule has 0 aliphatic heterocycles. The maximum atomic E-state index is 10.3. The summed E-state index contributed by atoms with van der Waals surface area (Å²) < 4.78 is 1.78. The van der Waals surface area contributed by atoms with Crippen molar-refractivity contribution in [1.29, 1.82) is 0 Å². The highest BCUT2D eigenvalue weighted by atomic mass is 32.1. The van der Waals surface area contributed by atoms with Crippen LogP contribution in [0.1, 0.15) is 22.2 Å². The van der Waals surface area contributed by atoms with Crippen molar-refractivity contribution in [3.63, 3.8) is 0 Å². The number of aliphatic hydroxyl groups is 1. The zero-order valence-corrected chi connectivity index (χ0v) is 11.3. The van der Waals surface area contributed by atoms with Gasteiger partial charge in [-0.25, -0.2) is 4.68 Å². The van der Waals surface area contributed by atoms with E-state index in [9.17, 15) is 5.11 Å². The first-order valence-corrected chi connectivity index (χ1v) is 6.96. The molecular formula is C15H14N2OS. The lowest BCUT2D eigenvalue weighted by atomic mass is 10.1. The molecule has 19 heavy (non-hydrogen) atoms. The smallest absolute Gasteiger partial charge is 0.124 e. The summed E-state index contributed by atoms with van der Waals surface area (Å²) in [4.78, 5) is 1.19. The van der Waals surface area contributed by atoms with Crippen molar-refractivity contribution in [2.45, 2.75) is 13.0 Å². The number of para-hydroxylation sites is 1. The molecule has 0 saturated carbocycles. The molecule has 3 aromatic rings. The number of aromatic nitrogens is 2. The summed E-state index contributed by atoms with van der Waals surface area (Å²) in [6.07, 6.45) is 1.21. The van der Waals surface area contributed by atoms with Crippen LogP contribution in [-0.4, -0.2) is 14.9 Å². The zero-order chi connectivity index (χ0) is 13.2. The first-order valence-electron chi connectivity index (χ1n) is 6.08. The minimum absolute atomic E-state index is 0.657. The zero-order valence-electron chi connectivity index (χ0n) is 10.5. The van der Waals surface area contributed by atoms with Gasteiger partial charge < -0.3 is 5.11 Å². The molecule has 0 aliphatic rings. The van der Waals surface area contributed by atoms with E-state index in [4.69, 9.17) is 0 Å². The lowest BCUT2D eigenvalue weighted by Crippen LogP contribution is -2.01. The molecule has 1 aromatic carbocycles. The van der Waals surface area contributed by atoms with Gasteiger partial charge in [-0.15, -0.1) is 11.3 Å². The Bertz CT molecular complexity index is 672. The fourth-order valence-corrected chi connectivity index (χ4v) is 2.71. The van der Waals surface area contributed by atoms with E-state index in [0.29, 0.717) is 5.69 Å². The van der Waals surface area contributed by atoms with Gasteiger partial charge in [0, 0.05) is 11.1 Å². The Morgan fingerprint density at radius 3 is 2.68 bits per heavy atom. The Hall–Kier alpha value is -1.91. The van der Waals surface area contributed by atoms with Crippen LogP contribution in [0.4, 0.5) is 0 Å². The number of rotatable bonds is 3. The van der Waals surface area contributed by atoms with Gasteiger partial charge in [-0.2, -0.15) is 5.10 Å². The number of hydrogen-bond acceptors (Lipinski definition) is 3. The second-order valence-corrected chi connectivity index (χ2v) is 5.53. The SMILES string of the molecule is Cc1cc(C(O)c2ccn(-c3ccccc3)n2)cs1. The van der Waals surface area contributed by atoms with Crippen LogP contribution < -0.4 is 0 Å². The summed E-state index contributed by atoms with van der Waals surface area (Å²) in [6, 6.07) is 13.7. The van der Waals surface area contributed by atoms with Crippen molar-refractivity contribution < 1.29 is 5.11 Å². The molecule has 2 aromatic heterocycles. The fraction of sp³-hybridized carbons (Fsp3) is 0.133. The fourth-order valence-electron chi connectivity index (χ4n) is 1.99. The van der Waals surface area contributed by atoms with Crippen LogP contribution in [0.5, 0.6) is 0 Å². The largest absolute Gasteiger partial charge is 0.382 e. The Labute approximate surface area is 115 Å². The van der Waals surface area contributed by atoms with E-state index in [1.807, 2.05) is 61.0 Å². The first-order chi connectivity index (χ1) is 9.24. The standard InChI is InChI=1S/C15H14N2OS/c1-11-9-12(10-19-11)15(18)14-7-8-17(16-14)13-5-3-2-4-6-13/h2-10,15,18H,1H3. The molecule has 1 atom stereocenters. The molecule has 1 N–H and O–H groups in total. The van der Waals surface area contributed by atoms with Gasteiger partial charge in [0.1, 0.15) is 6.10 Å². The Kier molecular flexibility index (Phi) is 3.19. The van der Waals surface area contributed by atoms with Gasteiger partial charge in [-0.1, -0.05) is 18.2 Å². The Morgan fingerprint density at radius 2 is 2.00 bits per heavy atom. The van der Waals surface area contributed by atoms with Crippen molar-refractivity contribution in [3.05, 3.63) is 70.2 Å². The third kappa shape index (κ3) is 2.45. The second kappa shape index (κ2) is 4.99. The predicted octanol–water partition coefficient (Wildman–Crippen LogP) is 3.32. The van der Waals surface area contributed by atoms with Crippen LogP contribution >= 0.6 is 11.3 Å². The third-order valence-electron chi connectivity index (χ3n) is 2.98. The Morgan fingerprint density at radius 1 is 1.21 bits per heavy atom. The molecule has 3 nitrogen and oxygen atoms in total. The van der Waals surface area contributed by atoms with Gasteiger partial charge in [-0.05, 0) is 42.1 Å². The van der Waals surface area contributed by atoms with Crippen LogP contribution in [0.15, 0.2) is 54.0 Å². The topological polar surface area (TPSA) is 38.0 Å². The highest BCUT2D eigenvalue weighted by Gasteiger charge is 2.15. The molecule has 0 saturated heterocycles. The molecule has 0 radical (unpaired) electrons. The van der Waals surface area contributed by atoms with Crippen molar-refractivity contribution in [2.75, 3.05) is 0 Å². The summed E-state index contributed by atoms with van der Waals surface area (Å²) in [5.74, 6) is 0. The number of thiophene rings is 1. The van der Waals surface area contributed by atoms with Gasteiger partial charge >= 0.3 is 0 Å². The van der Waals surface area contributed by atoms with Crippen molar-refractivity contribution >= 4 is 11.3 Å². The van der Waals surface area contributed by atoms with E-state index in [-0.39, 0.29) is 0 Å². The molecule has 4 heteroatoms. The number of aryl methyl sites for hydroxylation is 1. The van der Waals surface area contributed by atoms with Crippen molar-refractivity contribution in [1.82, 2.24) is 9.78 Å². The molecular weight excluding hydrogens is 256 g/mol. The molecule has 96 valence electrons. The van der Waals surface area contributed by atoms with Gasteiger partial charge in [0.25, 0.3) is 0 Å². The molecule has 0 bridgehead atoms. The molecule has 1 unspecified atom stereocenters. The van der Waals surface area contributed by atoms with Crippen LogP contribution in [-0.2, 0) is 0 Å². The van der Waals surface area contributed by atoms with E-state index in [1.54, 1.807) is 16.0 Å². The van der Waals surface area contributed by atoms with Gasteiger partial charge in [0.15, 0.2) is 0 Å². The quantitative estimate of drug-likeness (QED) is 0.792. The van der Waals surface area contributed by atoms with Crippen molar-refractivity contribution in [3.8, 4) is 5.69 Å². The highest BCUT2D eigenvalue weighted by Crippen LogP contribution is 2.25. The molecule has 0 spiro atoms. The van der Waals surface area contributed by atoms with E-state index in [1.165, 1.54) is 4.88 Å². The molecule has 0 amide bonds. The first kappa shape index (κ1) is 12.1. The second-order valence-electron chi connectivity index (χ2n) is 4.41. The lowest BCUT2D eigenvalue weighted by Gasteiger charge is -2.05. The van der Waals surface area contributed by atoms with E-state index < -0.39 is 6.10 Å². The summed E-state index contributed by atoms with van der Waals surface area (Å²) in [5.41, 5.74) is 2.56. The third-order valence-corrected chi connectivity index (χ3v) is 3.86. The summed E-state index contributed by atoms with van der Waals surface area (Å²) in [7, 11) is 0. The normalized spacial score (nSPS) is 12.5. The molecule has 0 aliphatic carbocycles. The molecule has 3 rings (SSSR count).